The molecule has 1 aromatic heterocycles. The molecule has 0 fully saturated rings. The maximum Gasteiger partial charge on any atom is 0.283 e. The van der Waals surface area contributed by atoms with Crippen LogP contribution in [0, 0.1) is 0 Å². The van der Waals surface area contributed by atoms with Crippen LogP contribution in [0.4, 0.5) is 5.69 Å². The summed E-state index contributed by atoms with van der Waals surface area (Å²) in [5.41, 5.74) is 6.31. The minimum absolute atomic E-state index is 0.121. The molecule has 1 rings (SSSR count). The third kappa shape index (κ3) is 4.88. The zero-order chi connectivity index (χ0) is 15.1. The molecule has 0 saturated carbocycles. The number of aromatic nitrogens is 2. The second kappa shape index (κ2) is 8.39. The van der Waals surface area contributed by atoms with Gasteiger partial charge in [-0.25, -0.2) is 4.68 Å². The van der Waals surface area contributed by atoms with Crippen LogP contribution in [0.5, 0.6) is 0 Å². The predicted molar refractivity (Wildman–Crippen MR) is 86.1 cm³/mol. The van der Waals surface area contributed by atoms with E-state index >= 15 is 0 Å². The van der Waals surface area contributed by atoms with Crippen molar-refractivity contribution < 1.29 is 0 Å². The Kier molecular flexibility index (Phi) is 7.18. The largest absolute Gasteiger partial charge is 0.379 e. The fourth-order valence-electron chi connectivity index (χ4n) is 1.84. The summed E-state index contributed by atoms with van der Waals surface area (Å²) in [6, 6.07) is 0.162. The molecule has 0 spiro atoms. The quantitative estimate of drug-likeness (QED) is 0.737. The molecule has 1 aromatic rings. The Morgan fingerprint density at radius 2 is 2.25 bits per heavy atom. The van der Waals surface area contributed by atoms with E-state index in [0.29, 0.717) is 23.2 Å². The van der Waals surface area contributed by atoms with E-state index in [0.717, 1.165) is 19.4 Å². The van der Waals surface area contributed by atoms with Crippen LogP contribution in [0.15, 0.2) is 15.5 Å². The highest BCUT2D eigenvalue weighted by Gasteiger charge is 2.12. The molecule has 1 heterocycles. The molecule has 7 heteroatoms. The normalized spacial score (nSPS) is 12.7. The zero-order valence-corrected chi connectivity index (χ0v) is 14.0. The molecule has 6 nitrogen and oxygen atoms in total. The first-order chi connectivity index (χ1) is 9.49. The summed E-state index contributed by atoms with van der Waals surface area (Å²) in [6.45, 7) is 3.98. The number of halogens is 1. The highest BCUT2D eigenvalue weighted by molar-refractivity contribution is 9.10. The van der Waals surface area contributed by atoms with Gasteiger partial charge in [0.1, 0.15) is 4.47 Å². The summed E-state index contributed by atoms with van der Waals surface area (Å²) in [6.07, 6.45) is 3.69. The molecule has 0 aromatic carbocycles. The predicted octanol–water partition coefficient (Wildman–Crippen LogP) is 1.11. The monoisotopic (exact) mass is 345 g/mol. The smallest absolute Gasteiger partial charge is 0.283 e. The summed E-state index contributed by atoms with van der Waals surface area (Å²) >= 11 is 3.36. The number of hydrogen-bond donors (Lipinski definition) is 2. The van der Waals surface area contributed by atoms with Gasteiger partial charge in [0, 0.05) is 19.1 Å². The van der Waals surface area contributed by atoms with Crippen molar-refractivity contribution in [1.82, 2.24) is 14.7 Å². The van der Waals surface area contributed by atoms with Crippen molar-refractivity contribution in [1.29, 1.82) is 0 Å². The van der Waals surface area contributed by atoms with E-state index in [9.17, 15) is 4.79 Å². The molecule has 0 amide bonds. The molecular weight excluding hydrogens is 322 g/mol. The number of rotatable bonds is 8. The molecule has 0 saturated heterocycles. The highest BCUT2D eigenvalue weighted by Crippen LogP contribution is 2.18. The lowest BCUT2D eigenvalue weighted by atomic mass is 10.1. The van der Waals surface area contributed by atoms with Crippen LogP contribution in [0.1, 0.15) is 19.8 Å². The lowest BCUT2D eigenvalue weighted by molar-refractivity contribution is 0.367. The van der Waals surface area contributed by atoms with Crippen molar-refractivity contribution in [3.63, 3.8) is 0 Å². The van der Waals surface area contributed by atoms with Crippen molar-refractivity contribution >= 4 is 21.6 Å². The van der Waals surface area contributed by atoms with E-state index in [1.807, 2.05) is 19.0 Å². The minimum Gasteiger partial charge on any atom is -0.379 e. The summed E-state index contributed by atoms with van der Waals surface area (Å²) < 4.78 is 1.98. The zero-order valence-electron chi connectivity index (χ0n) is 12.4. The molecule has 0 bridgehead atoms. The molecule has 1 atom stereocenters. The van der Waals surface area contributed by atoms with Gasteiger partial charge in [0.15, 0.2) is 0 Å². The number of likely N-dealkylation sites (N-methyl/N-ethyl adjacent to an activating group) is 1. The van der Waals surface area contributed by atoms with Crippen LogP contribution in [-0.4, -0.2) is 47.9 Å². The van der Waals surface area contributed by atoms with Crippen molar-refractivity contribution in [2.75, 3.05) is 32.5 Å². The lowest BCUT2D eigenvalue weighted by Crippen LogP contribution is -2.32. The summed E-state index contributed by atoms with van der Waals surface area (Å²) in [5.74, 6) is 0. The molecule has 3 N–H and O–H groups in total. The highest BCUT2D eigenvalue weighted by atomic mass is 79.9. The standard InChI is InChI=1S/C13H24BrN5O/c1-4-5-10(8-15)17-11-9-16-19(7-6-18(2)3)13(20)12(11)14/h9-10,17H,4-8,15H2,1-3H3. The van der Waals surface area contributed by atoms with Gasteiger partial charge >= 0.3 is 0 Å². The van der Waals surface area contributed by atoms with Gasteiger partial charge in [-0.2, -0.15) is 5.10 Å². The Hall–Kier alpha value is -0.920. The van der Waals surface area contributed by atoms with Crippen LogP contribution in [0.3, 0.4) is 0 Å². The van der Waals surface area contributed by atoms with Gasteiger partial charge in [-0.1, -0.05) is 13.3 Å². The average Bonchev–Trinajstić information content (AvgIpc) is 2.42. The van der Waals surface area contributed by atoms with Crippen LogP contribution in [-0.2, 0) is 6.54 Å². The van der Waals surface area contributed by atoms with E-state index in [1.165, 1.54) is 4.68 Å². The van der Waals surface area contributed by atoms with Gasteiger partial charge in [-0.3, -0.25) is 4.79 Å². The van der Waals surface area contributed by atoms with Gasteiger partial charge in [0.2, 0.25) is 0 Å². The maximum atomic E-state index is 12.2. The van der Waals surface area contributed by atoms with Gasteiger partial charge < -0.3 is 16.0 Å². The van der Waals surface area contributed by atoms with Crippen molar-refractivity contribution in [3.05, 3.63) is 21.0 Å². The topological polar surface area (TPSA) is 76.2 Å². The molecule has 20 heavy (non-hydrogen) atoms. The number of nitrogens with two attached hydrogens (primary N) is 1. The molecule has 1 unspecified atom stereocenters. The summed E-state index contributed by atoms with van der Waals surface area (Å²) in [4.78, 5) is 14.2. The minimum atomic E-state index is -0.121. The fraction of sp³-hybridized carbons (Fsp3) is 0.692. The Morgan fingerprint density at radius 1 is 1.55 bits per heavy atom. The van der Waals surface area contributed by atoms with Gasteiger partial charge in [-0.15, -0.1) is 0 Å². The van der Waals surface area contributed by atoms with Crippen molar-refractivity contribution in [2.24, 2.45) is 5.73 Å². The molecule has 0 aliphatic carbocycles. The van der Waals surface area contributed by atoms with Crippen molar-refractivity contribution in [3.8, 4) is 0 Å². The first kappa shape index (κ1) is 17.1. The molecule has 0 aliphatic rings. The Bertz CT molecular complexity index is 474. The second-order valence-corrected chi connectivity index (χ2v) is 5.86. The van der Waals surface area contributed by atoms with Crippen LogP contribution >= 0.6 is 15.9 Å². The van der Waals surface area contributed by atoms with E-state index in [-0.39, 0.29) is 11.6 Å². The summed E-state index contributed by atoms with van der Waals surface area (Å²) in [5, 5.41) is 7.48. The maximum absolute atomic E-state index is 12.2. The van der Waals surface area contributed by atoms with E-state index in [2.05, 4.69) is 33.3 Å². The Labute approximate surface area is 128 Å². The number of nitrogens with one attached hydrogen (secondary N) is 1. The first-order valence-corrected chi connectivity index (χ1v) is 7.65. The average molecular weight is 346 g/mol. The second-order valence-electron chi connectivity index (χ2n) is 5.07. The Morgan fingerprint density at radius 3 is 2.80 bits per heavy atom. The van der Waals surface area contributed by atoms with Gasteiger partial charge in [0.05, 0.1) is 18.4 Å². The third-order valence-electron chi connectivity index (χ3n) is 3.03. The summed E-state index contributed by atoms with van der Waals surface area (Å²) in [7, 11) is 3.93. The molecular formula is C13H24BrN5O. The number of hydrogen-bond acceptors (Lipinski definition) is 5. The molecule has 0 aliphatic heterocycles. The lowest BCUT2D eigenvalue weighted by Gasteiger charge is -2.18. The van der Waals surface area contributed by atoms with Crippen LogP contribution in [0.2, 0.25) is 0 Å². The molecule has 114 valence electrons. The Balaban J connectivity index is 2.85. The first-order valence-electron chi connectivity index (χ1n) is 6.86. The molecule has 0 radical (unpaired) electrons. The van der Waals surface area contributed by atoms with E-state index < -0.39 is 0 Å². The van der Waals surface area contributed by atoms with E-state index in [1.54, 1.807) is 6.20 Å². The number of anilines is 1. The van der Waals surface area contributed by atoms with Gasteiger partial charge in [-0.05, 0) is 36.4 Å². The SMILES string of the molecule is CCCC(CN)Nc1cnn(CCN(C)C)c(=O)c1Br. The van der Waals surface area contributed by atoms with Crippen LogP contribution < -0.4 is 16.6 Å². The van der Waals surface area contributed by atoms with Gasteiger partial charge in [0.25, 0.3) is 5.56 Å². The number of nitrogens with zero attached hydrogens (tertiary/aromatic N) is 3. The van der Waals surface area contributed by atoms with Crippen molar-refractivity contribution in [2.45, 2.75) is 32.4 Å². The fourth-order valence-corrected chi connectivity index (χ4v) is 2.26. The van der Waals surface area contributed by atoms with E-state index in [4.69, 9.17) is 5.73 Å². The third-order valence-corrected chi connectivity index (χ3v) is 3.79. The van der Waals surface area contributed by atoms with Crippen LogP contribution in [0.25, 0.3) is 0 Å².